The summed E-state index contributed by atoms with van der Waals surface area (Å²) in [4.78, 5) is 6.80. The Bertz CT molecular complexity index is 910. The van der Waals surface area contributed by atoms with Gasteiger partial charge in [-0.3, -0.25) is 9.88 Å². The van der Waals surface area contributed by atoms with Gasteiger partial charge in [0, 0.05) is 37.9 Å². The van der Waals surface area contributed by atoms with Crippen molar-refractivity contribution < 1.29 is 9.47 Å². The Labute approximate surface area is 196 Å². The molecule has 1 aliphatic heterocycles. The van der Waals surface area contributed by atoms with Crippen molar-refractivity contribution in [2.45, 2.75) is 19.2 Å². The molecule has 1 aliphatic rings. The van der Waals surface area contributed by atoms with E-state index in [1.807, 2.05) is 42.5 Å². The fourth-order valence-corrected chi connectivity index (χ4v) is 3.75. The van der Waals surface area contributed by atoms with E-state index >= 15 is 0 Å². The molecule has 5 nitrogen and oxygen atoms in total. The van der Waals surface area contributed by atoms with Crippen LogP contribution in [0.3, 0.4) is 0 Å². The summed E-state index contributed by atoms with van der Waals surface area (Å²) < 4.78 is 11.5. The number of rotatable bonds is 7. The van der Waals surface area contributed by atoms with E-state index in [1.54, 1.807) is 13.3 Å². The van der Waals surface area contributed by atoms with Crippen molar-refractivity contribution in [3.05, 3.63) is 89.7 Å². The topological polar surface area (TPSA) is 46.6 Å². The molecule has 1 saturated heterocycles. The second-order valence-corrected chi connectivity index (χ2v) is 7.19. The van der Waals surface area contributed by atoms with Gasteiger partial charge in [0.15, 0.2) is 0 Å². The molecule has 0 amide bonds. The van der Waals surface area contributed by atoms with Crippen LogP contribution in [0.2, 0.25) is 0 Å². The number of piperazine rings is 1. The number of pyridine rings is 1. The average Bonchev–Trinajstić information content (AvgIpc) is 2.80. The van der Waals surface area contributed by atoms with Crippen LogP contribution >= 0.6 is 24.8 Å². The monoisotopic (exact) mass is 461 g/mol. The zero-order valence-corrected chi connectivity index (χ0v) is 19.2. The lowest BCUT2D eigenvalue weighted by molar-refractivity contribution is 0.151. The lowest BCUT2D eigenvalue weighted by Crippen LogP contribution is -2.45. The number of hydrogen-bond donors (Lipinski definition) is 1. The molecule has 1 atom stereocenters. The molecule has 0 spiro atoms. The molecule has 1 unspecified atom stereocenters. The average molecular weight is 462 g/mol. The molecule has 4 rings (SSSR count). The third kappa shape index (κ3) is 6.58. The number of nitrogens with one attached hydrogen (secondary N) is 1. The van der Waals surface area contributed by atoms with Crippen LogP contribution in [0.5, 0.6) is 11.5 Å². The molecule has 1 N–H and O–H groups in total. The molecule has 2 aromatic carbocycles. The van der Waals surface area contributed by atoms with Gasteiger partial charge in [0.25, 0.3) is 0 Å². The highest BCUT2D eigenvalue weighted by molar-refractivity contribution is 5.85. The predicted molar refractivity (Wildman–Crippen MR) is 129 cm³/mol. The second kappa shape index (κ2) is 12.5. The maximum Gasteiger partial charge on any atom is 0.130 e. The number of ether oxygens (including phenoxy) is 2. The van der Waals surface area contributed by atoms with Gasteiger partial charge in [-0.1, -0.05) is 36.4 Å². The summed E-state index contributed by atoms with van der Waals surface area (Å²) in [6, 6.07) is 22.8. The smallest absolute Gasteiger partial charge is 0.130 e. The number of methoxy groups -OCH3 is 1. The van der Waals surface area contributed by atoms with Gasteiger partial charge < -0.3 is 14.8 Å². The first-order chi connectivity index (χ1) is 14.3. The van der Waals surface area contributed by atoms with Crippen molar-refractivity contribution >= 4 is 24.8 Å². The minimum Gasteiger partial charge on any atom is -0.496 e. The van der Waals surface area contributed by atoms with Crippen LogP contribution in [0.25, 0.3) is 0 Å². The van der Waals surface area contributed by atoms with Crippen LogP contribution in [0.4, 0.5) is 0 Å². The highest BCUT2D eigenvalue weighted by Crippen LogP contribution is 2.31. The number of halogens is 2. The van der Waals surface area contributed by atoms with Crippen LogP contribution in [0.15, 0.2) is 72.9 Å². The summed E-state index contributed by atoms with van der Waals surface area (Å²) in [6.07, 6.45) is 1.79. The molecular formula is C24H29Cl2N3O2. The number of para-hydroxylation sites is 1. The van der Waals surface area contributed by atoms with Gasteiger partial charge in [0.05, 0.1) is 18.8 Å². The fraction of sp³-hybridized carbons (Fsp3) is 0.292. The first kappa shape index (κ1) is 25.0. The molecule has 7 heteroatoms. The molecule has 0 aliphatic carbocycles. The number of nitrogens with zero attached hydrogens (tertiary/aromatic N) is 2. The summed E-state index contributed by atoms with van der Waals surface area (Å²) in [5.41, 5.74) is 3.44. The van der Waals surface area contributed by atoms with Crippen molar-refractivity contribution in [2.24, 2.45) is 0 Å². The van der Waals surface area contributed by atoms with Crippen LogP contribution in [-0.4, -0.2) is 36.6 Å². The van der Waals surface area contributed by atoms with E-state index in [0.29, 0.717) is 12.6 Å². The van der Waals surface area contributed by atoms with E-state index in [2.05, 4.69) is 39.5 Å². The normalized spacial score (nSPS) is 16.0. The van der Waals surface area contributed by atoms with Crippen molar-refractivity contribution in [1.82, 2.24) is 15.2 Å². The van der Waals surface area contributed by atoms with Gasteiger partial charge in [-0.05, 0) is 35.9 Å². The van der Waals surface area contributed by atoms with Crippen molar-refractivity contribution in [3.8, 4) is 11.5 Å². The molecule has 0 radical (unpaired) electrons. The molecule has 1 aromatic heterocycles. The highest BCUT2D eigenvalue weighted by atomic mass is 35.5. The van der Waals surface area contributed by atoms with E-state index in [9.17, 15) is 0 Å². The Morgan fingerprint density at radius 3 is 2.52 bits per heavy atom. The zero-order valence-electron chi connectivity index (χ0n) is 17.6. The van der Waals surface area contributed by atoms with E-state index in [-0.39, 0.29) is 24.8 Å². The number of aromatic nitrogens is 1. The fourth-order valence-electron chi connectivity index (χ4n) is 3.75. The van der Waals surface area contributed by atoms with Crippen molar-refractivity contribution in [1.29, 1.82) is 0 Å². The van der Waals surface area contributed by atoms with Crippen molar-refractivity contribution in [2.75, 3.05) is 26.7 Å². The van der Waals surface area contributed by atoms with Crippen LogP contribution in [-0.2, 0) is 13.2 Å². The zero-order chi connectivity index (χ0) is 19.9. The SMILES string of the molecule is COc1ccccc1C1CNCCN1Cc1ccc(OCc2ccccn2)cc1.Cl.Cl. The van der Waals surface area contributed by atoms with E-state index in [1.165, 1.54) is 11.1 Å². The van der Waals surface area contributed by atoms with Gasteiger partial charge in [0.2, 0.25) is 0 Å². The van der Waals surface area contributed by atoms with Gasteiger partial charge in [0.1, 0.15) is 18.1 Å². The summed E-state index contributed by atoms with van der Waals surface area (Å²) in [6.45, 7) is 4.29. The highest BCUT2D eigenvalue weighted by Gasteiger charge is 2.26. The minimum atomic E-state index is 0. The third-order valence-electron chi connectivity index (χ3n) is 5.27. The van der Waals surface area contributed by atoms with Gasteiger partial charge in [-0.15, -0.1) is 24.8 Å². The molecule has 0 bridgehead atoms. The van der Waals surface area contributed by atoms with Crippen molar-refractivity contribution in [3.63, 3.8) is 0 Å². The molecule has 31 heavy (non-hydrogen) atoms. The summed E-state index contributed by atoms with van der Waals surface area (Å²) in [5, 5.41) is 3.52. The number of hydrogen-bond acceptors (Lipinski definition) is 5. The molecule has 1 fully saturated rings. The van der Waals surface area contributed by atoms with Crippen LogP contribution in [0.1, 0.15) is 22.9 Å². The second-order valence-electron chi connectivity index (χ2n) is 7.19. The van der Waals surface area contributed by atoms with Crippen LogP contribution < -0.4 is 14.8 Å². The molecule has 166 valence electrons. The summed E-state index contributed by atoms with van der Waals surface area (Å²) in [5.74, 6) is 1.81. The Hall–Kier alpha value is -2.31. The first-order valence-electron chi connectivity index (χ1n) is 10.0. The maximum absolute atomic E-state index is 5.86. The quantitative estimate of drug-likeness (QED) is 0.554. The Morgan fingerprint density at radius 1 is 1.00 bits per heavy atom. The Balaban J connectivity index is 0.00000171. The largest absolute Gasteiger partial charge is 0.496 e. The maximum atomic E-state index is 5.86. The van der Waals surface area contributed by atoms with E-state index in [0.717, 1.165) is 43.4 Å². The summed E-state index contributed by atoms with van der Waals surface area (Å²) in [7, 11) is 1.74. The standard InChI is InChI=1S/C24H27N3O2.2ClH/c1-28-24-8-3-2-7-22(24)23-16-25-14-15-27(23)17-19-9-11-21(12-10-19)29-18-20-6-4-5-13-26-20;;/h2-13,23,25H,14-18H2,1H3;2*1H. The summed E-state index contributed by atoms with van der Waals surface area (Å²) >= 11 is 0. The molecular weight excluding hydrogens is 433 g/mol. The lowest BCUT2D eigenvalue weighted by atomic mass is 10.0. The first-order valence-corrected chi connectivity index (χ1v) is 10.0. The predicted octanol–water partition coefficient (Wildman–Crippen LogP) is 4.66. The van der Waals surface area contributed by atoms with E-state index in [4.69, 9.17) is 9.47 Å². The Morgan fingerprint density at radius 2 is 1.77 bits per heavy atom. The number of benzene rings is 2. The van der Waals surface area contributed by atoms with Gasteiger partial charge >= 0.3 is 0 Å². The molecule has 2 heterocycles. The molecule has 0 saturated carbocycles. The van der Waals surface area contributed by atoms with Gasteiger partial charge in [-0.25, -0.2) is 0 Å². The van der Waals surface area contributed by atoms with E-state index < -0.39 is 0 Å². The van der Waals surface area contributed by atoms with Gasteiger partial charge in [-0.2, -0.15) is 0 Å². The third-order valence-corrected chi connectivity index (χ3v) is 5.27. The lowest BCUT2D eigenvalue weighted by Gasteiger charge is -2.37. The van der Waals surface area contributed by atoms with Crippen LogP contribution in [0, 0.1) is 0 Å². The Kier molecular flexibility index (Phi) is 10.1. The molecule has 3 aromatic rings. The minimum absolute atomic E-state index is 0.